The van der Waals surface area contributed by atoms with Crippen molar-refractivity contribution in [2.75, 3.05) is 5.88 Å². The second-order valence-electron chi connectivity index (χ2n) is 5.40. The first-order valence-corrected chi connectivity index (χ1v) is 8.44. The van der Waals surface area contributed by atoms with Gasteiger partial charge in [-0.2, -0.15) is 5.26 Å². The minimum absolute atomic E-state index is 0.0320. The Kier molecular flexibility index (Phi) is 6.77. The van der Waals surface area contributed by atoms with E-state index in [0.29, 0.717) is 18.7 Å². The van der Waals surface area contributed by atoms with E-state index < -0.39 is 0 Å². The Bertz CT molecular complexity index is 602. The smallest absolute Gasteiger partial charge is 0.0656 e. The summed E-state index contributed by atoms with van der Waals surface area (Å²) in [6.45, 7) is 0. The fourth-order valence-electron chi connectivity index (χ4n) is 2.48. The standard InChI is InChI=1S/C19H19Cl2N/c20-11-10-16(14-22)13-19(21)12-15-6-8-18(9-7-15)17-4-2-1-3-5-17/h1-9,16,19H,10-13H2. The van der Waals surface area contributed by atoms with Gasteiger partial charge in [0.05, 0.1) is 6.07 Å². The molecule has 0 heterocycles. The molecule has 0 fully saturated rings. The predicted octanol–water partition coefficient (Wildman–Crippen LogP) is 5.66. The van der Waals surface area contributed by atoms with Gasteiger partial charge in [-0.15, -0.1) is 23.2 Å². The van der Waals surface area contributed by atoms with Crippen LogP contribution < -0.4 is 0 Å². The van der Waals surface area contributed by atoms with Crippen molar-refractivity contribution in [3.8, 4) is 17.2 Å². The highest BCUT2D eigenvalue weighted by Gasteiger charge is 2.14. The number of hydrogen-bond donors (Lipinski definition) is 0. The number of hydrogen-bond acceptors (Lipinski definition) is 1. The van der Waals surface area contributed by atoms with E-state index in [1.165, 1.54) is 16.7 Å². The molecule has 22 heavy (non-hydrogen) atoms. The van der Waals surface area contributed by atoms with Crippen molar-refractivity contribution in [2.24, 2.45) is 5.92 Å². The Morgan fingerprint density at radius 2 is 1.59 bits per heavy atom. The number of nitrogens with zero attached hydrogens (tertiary/aromatic N) is 1. The molecular weight excluding hydrogens is 313 g/mol. The number of halogens is 2. The quantitative estimate of drug-likeness (QED) is 0.600. The van der Waals surface area contributed by atoms with Crippen LogP contribution in [-0.2, 0) is 6.42 Å². The van der Waals surface area contributed by atoms with Gasteiger partial charge >= 0.3 is 0 Å². The second kappa shape index (κ2) is 8.83. The van der Waals surface area contributed by atoms with Gasteiger partial charge in [-0.25, -0.2) is 0 Å². The average molecular weight is 332 g/mol. The van der Waals surface area contributed by atoms with E-state index in [-0.39, 0.29) is 11.3 Å². The Hall–Kier alpha value is -1.49. The first-order valence-electron chi connectivity index (χ1n) is 7.47. The summed E-state index contributed by atoms with van der Waals surface area (Å²) < 4.78 is 0. The van der Waals surface area contributed by atoms with Gasteiger partial charge in [-0.1, -0.05) is 54.6 Å². The summed E-state index contributed by atoms with van der Waals surface area (Å²) >= 11 is 12.1. The van der Waals surface area contributed by atoms with Gasteiger partial charge in [0, 0.05) is 17.2 Å². The molecule has 2 aromatic carbocycles. The molecule has 0 bridgehead atoms. The molecule has 2 aromatic rings. The first-order chi connectivity index (χ1) is 10.7. The zero-order chi connectivity index (χ0) is 15.8. The van der Waals surface area contributed by atoms with Crippen LogP contribution in [0.15, 0.2) is 54.6 Å². The number of alkyl halides is 2. The minimum atomic E-state index is -0.0522. The van der Waals surface area contributed by atoms with Crippen molar-refractivity contribution >= 4 is 23.2 Å². The van der Waals surface area contributed by atoms with Gasteiger partial charge in [0.25, 0.3) is 0 Å². The summed E-state index contributed by atoms with van der Waals surface area (Å²) in [5, 5.41) is 9.04. The van der Waals surface area contributed by atoms with Crippen LogP contribution in [0, 0.1) is 17.2 Å². The number of benzene rings is 2. The fraction of sp³-hybridized carbons (Fsp3) is 0.316. The number of nitriles is 1. The largest absolute Gasteiger partial charge is 0.198 e. The fourth-order valence-corrected chi connectivity index (χ4v) is 3.14. The van der Waals surface area contributed by atoms with Crippen LogP contribution in [-0.4, -0.2) is 11.3 Å². The van der Waals surface area contributed by atoms with Crippen molar-refractivity contribution in [2.45, 2.75) is 24.6 Å². The van der Waals surface area contributed by atoms with Gasteiger partial charge in [0.1, 0.15) is 0 Å². The van der Waals surface area contributed by atoms with Crippen LogP contribution in [0.3, 0.4) is 0 Å². The summed E-state index contributed by atoms with van der Waals surface area (Å²) in [5.41, 5.74) is 3.61. The molecule has 0 saturated heterocycles. The number of rotatable bonds is 7. The van der Waals surface area contributed by atoms with Crippen molar-refractivity contribution in [1.82, 2.24) is 0 Å². The molecule has 2 unspecified atom stereocenters. The molecule has 3 heteroatoms. The van der Waals surface area contributed by atoms with E-state index in [2.05, 4.69) is 42.5 Å². The molecule has 2 rings (SSSR count). The lowest BCUT2D eigenvalue weighted by Crippen LogP contribution is -2.10. The highest BCUT2D eigenvalue weighted by atomic mass is 35.5. The minimum Gasteiger partial charge on any atom is -0.198 e. The zero-order valence-electron chi connectivity index (χ0n) is 12.4. The third-order valence-corrected chi connectivity index (χ3v) is 4.25. The van der Waals surface area contributed by atoms with Crippen molar-refractivity contribution in [3.05, 3.63) is 60.2 Å². The molecule has 0 saturated carbocycles. The topological polar surface area (TPSA) is 23.8 Å². The Labute approximate surface area is 142 Å². The Morgan fingerprint density at radius 1 is 0.955 bits per heavy atom. The Balaban J connectivity index is 1.95. The molecular formula is C19H19Cl2N. The van der Waals surface area contributed by atoms with Crippen molar-refractivity contribution in [1.29, 1.82) is 5.26 Å². The zero-order valence-corrected chi connectivity index (χ0v) is 13.9. The lowest BCUT2D eigenvalue weighted by atomic mass is 9.97. The van der Waals surface area contributed by atoms with E-state index in [0.717, 1.165) is 6.42 Å². The maximum absolute atomic E-state index is 9.07. The van der Waals surface area contributed by atoms with Crippen LogP contribution in [0.5, 0.6) is 0 Å². The maximum Gasteiger partial charge on any atom is 0.0656 e. The Morgan fingerprint density at radius 3 is 2.18 bits per heavy atom. The molecule has 0 N–H and O–H groups in total. The van der Waals surface area contributed by atoms with Crippen LogP contribution in [0.2, 0.25) is 0 Å². The summed E-state index contributed by atoms with van der Waals surface area (Å²) in [7, 11) is 0. The van der Waals surface area contributed by atoms with E-state index in [1.807, 2.05) is 18.2 Å². The molecule has 0 aliphatic heterocycles. The predicted molar refractivity (Wildman–Crippen MR) is 94.3 cm³/mol. The van der Waals surface area contributed by atoms with Crippen LogP contribution in [0.25, 0.3) is 11.1 Å². The van der Waals surface area contributed by atoms with Crippen LogP contribution in [0.4, 0.5) is 0 Å². The van der Waals surface area contributed by atoms with Gasteiger partial charge in [0.15, 0.2) is 0 Å². The van der Waals surface area contributed by atoms with Gasteiger partial charge in [-0.3, -0.25) is 0 Å². The third kappa shape index (κ3) is 5.05. The normalized spacial score (nSPS) is 13.3. The lowest BCUT2D eigenvalue weighted by Gasteiger charge is -2.13. The summed E-state index contributed by atoms with van der Waals surface area (Å²) in [5.74, 6) is 0.455. The molecule has 0 aromatic heterocycles. The van der Waals surface area contributed by atoms with E-state index in [4.69, 9.17) is 28.5 Å². The second-order valence-corrected chi connectivity index (χ2v) is 6.40. The van der Waals surface area contributed by atoms with Gasteiger partial charge in [0.2, 0.25) is 0 Å². The van der Waals surface area contributed by atoms with E-state index >= 15 is 0 Å². The van der Waals surface area contributed by atoms with Crippen LogP contribution >= 0.6 is 23.2 Å². The highest BCUT2D eigenvalue weighted by Crippen LogP contribution is 2.22. The summed E-state index contributed by atoms with van der Waals surface area (Å²) in [4.78, 5) is 0. The molecule has 0 aliphatic carbocycles. The SMILES string of the molecule is N#CC(CCCl)CC(Cl)Cc1ccc(-c2ccccc2)cc1. The van der Waals surface area contributed by atoms with E-state index in [9.17, 15) is 0 Å². The summed E-state index contributed by atoms with van der Waals surface area (Å²) in [6, 6.07) is 21.0. The van der Waals surface area contributed by atoms with E-state index in [1.54, 1.807) is 0 Å². The first kappa shape index (κ1) is 16.9. The highest BCUT2D eigenvalue weighted by molar-refractivity contribution is 6.20. The van der Waals surface area contributed by atoms with Gasteiger partial charge in [-0.05, 0) is 36.0 Å². The molecule has 0 aliphatic rings. The van der Waals surface area contributed by atoms with Crippen molar-refractivity contribution in [3.63, 3.8) is 0 Å². The molecule has 0 amide bonds. The molecule has 114 valence electrons. The third-order valence-electron chi connectivity index (χ3n) is 3.70. The monoisotopic (exact) mass is 331 g/mol. The molecule has 0 spiro atoms. The molecule has 2 atom stereocenters. The van der Waals surface area contributed by atoms with Crippen LogP contribution in [0.1, 0.15) is 18.4 Å². The summed E-state index contributed by atoms with van der Waals surface area (Å²) in [6.07, 6.45) is 2.16. The average Bonchev–Trinajstić information content (AvgIpc) is 2.56. The van der Waals surface area contributed by atoms with Gasteiger partial charge < -0.3 is 0 Å². The maximum atomic E-state index is 9.07. The molecule has 1 nitrogen and oxygen atoms in total. The lowest BCUT2D eigenvalue weighted by molar-refractivity contribution is 0.564. The van der Waals surface area contributed by atoms with Crippen molar-refractivity contribution < 1.29 is 0 Å². The molecule has 0 radical (unpaired) electrons.